The molecular weight excluding hydrogens is 212 g/mol. The van der Waals surface area contributed by atoms with Gasteiger partial charge in [0.05, 0.1) is 11.1 Å². The van der Waals surface area contributed by atoms with Gasteiger partial charge in [-0.3, -0.25) is 10.6 Å². The molecule has 86 valence electrons. The fourth-order valence-corrected chi connectivity index (χ4v) is 2.70. The highest BCUT2D eigenvalue weighted by atomic mass is 16.1. The van der Waals surface area contributed by atoms with E-state index in [9.17, 15) is 4.79 Å². The Morgan fingerprint density at radius 2 is 1.94 bits per heavy atom. The molecule has 0 spiro atoms. The van der Waals surface area contributed by atoms with Gasteiger partial charge in [-0.1, -0.05) is 24.3 Å². The Labute approximate surface area is 99.6 Å². The molecule has 0 fully saturated rings. The molecule has 2 aromatic carbocycles. The van der Waals surface area contributed by atoms with Crippen molar-refractivity contribution in [3.05, 3.63) is 41.5 Å². The van der Waals surface area contributed by atoms with E-state index in [1.807, 2.05) is 44.2 Å². The number of rotatable bonds is 1. The van der Waals surface area contributed by atoms with Crippen molar-refractivity contribution in [1.29, 1.82) is 0 Å². The van der Waals surface area contributed by atoms with E-state index in [0.717, 1.165) is 27.6 Å². The van der Waals surface area contributed by atoms with Crippen LogP contribution in [0.15, 0.2) is 30.3 Å². The minimum atomic E-state index is -0.435. The maximum atomic E-state index is 12.3. The number of Topliss-reactive ketones (excluding diaryl/α,β-unsaturated/α-hetero) is 1. The average molecular weight is 226 g/mol. The lowest BCUT2D eigenvalue weighted by Crippen LogP contribution is -2.23. The first kappa shape index (κ1) is 10.3. The number of ketones is 1. The molecule has 0 bridgehead atoms. The van der Waals surface area contributed by atoms with Gasteiger partial charge in [0.1, 0.15) is 0 Å². The first-order valence-corrected chi connectivity index (χ1v) is 5.65. The van der Waals surface area contributed by atoms with E-state index in [2.05, 4.69) is 5.43 Å². The van der Waals surface area contributed by atoms with Crippen LogP contribution in [-0.4, -0.2) is 5.78 Å². The number of hydrogen-bond donors (Lipinski definition) is 2. The SMILES string of the molecule is CC1(C)C(=O)c2cccc3c(NN)ccc1c23. The van der Waals surface area contributed by atoms with Gasteiger partial charge in [-0.05, 0) is 30.9 Å². The lowest BCUT2D eigenvalue weighted by atomic mass is 9.84. The molecule has 1 aliphatic carbocycles. The highest BCUT2D eigenvalue weighted by molar-refractivity contribution is 6.21. The van der Waals surface area contributed by atoms with Gasteiger partial charge in [0.25, 0.3) is 0 Å². The summed E-state index contributed by atoms with van der Waals surface area (Å²) in [6.07, 6.45) is 0. The van der Waals surface area contributed by atoms with Crippen LogP contribution >= 0.6 is 0 Å². The van der Waals surface area contributed by atoms with E-state index in [-0.39, 0.29) is 5.78 Å². The number of nitrogens with two attached hydrogens (primary N) is 1. The molecule has 3 N–H and O–H groups in total. The van der Waals surface area contributed by atoms with Crippen LogP contribution in [0.1, 0.15) is 29.8 Å². The van der Waals surface area contributed by atoms with Crippen LogP contribution < -0.4 is 11.3 Å². The predicted octanol–water partition coefficient (Wildman–Crippen LogP) is 2.60. The lowest BCUT2D eigenvalue weighted by Gasteiger charge is -2.17. The largest absolute Gasteiger partial charge is 0.324 e. The van der Waals surface area contributed by atoms with Gasteiger partial charge in [-0.2, -0.15) is 0 Å². The zero-order chi connectivity index (χ0) is 12.2. The van der Waals surface area contributed by atoms with Crippen molar-refractivity contribution in [2.75, 3.05) is 5.43 Å². The molecule has 0 atom stereocenters. The van der Waals surface area contributed by atoms with Crippen LogP contribution in [-0.2, 0) is 5.41 Å². The van der Waals surface area contributed by atoms with Crippen molar-refractivity contribution < 1.29 is 4.79 Å². The summed E-state index contributed by atoms with van der Waals surface area (Å²) in [6, 6.07) is 9.71. The fraction of sp³-hybridized carbons (Fsp3) is 0.214. The summed E-state index contributed by atoms with van der Waals surface area (Å²) in [5.41, 5.74) is 5.00. The molecule has 0 aromatic heterocycles. The Kier molecular flexibility index (Phi) is 1.86. The second-order valence-corrected chi connectivity index (χ2v) is 4.99. The number of carbonyl (C=O) groups is 1. The smallest absolute Gasteiger partial charge is 0.173 e. The molecule has 0 saturated heterocycles. The summed E-state index contributed by atoms with van der Waals surface area (Å²) < 4.78 is 0. The van der Waals surface area contributed by atoms with E-state index in [1.54, 1.807) is 0 Å². The lowest BCUT2D eigenvalue weighted by molar-refractivity contribution is 0.0920. The first-order valence-electron chi connectivity index (χ1n) is 5.65. The molecule has 3 nitrogen and oxygen atoms in total. The molecule has 1 aliphatic rings. The molecule has 0 saturated carbocycles. The third-order valence-electron chi connectivity index (χ3n) is 3.68. The number of carbonyl (C=O) groups excluding carboxylic acids is 1. The number of anilines is 1. The van der Waals surface area contributed by atoms with Gasteiger partial charge >= 0.3 is 0 Å². The molecular formula is C14H14N2O. The number of hydrazine groups is 1. The zero-order valence-electron chi connectivity index (χ0n) is 9.87. The second-order valence-electron chi connectivity index (χ2n) is 4.99. The van der Waals surface area contributed by atoms with Crippen molar-refractivity contribution >= 4 is 22.2 Å². The Hall–Kier alpha value is -1.87. The van der Waals surface area contributed by atoms with E-state index in [0.29, 0.717) is 0 Å². The van der Waals surface area contributed by atoms with Gasteiger partial charge < -0.3 is 5.43 Å². The number of nitrogens with one attached hydrogen (secondary N) is 1. The molecule has 0 radical (unpaired) electrons. The van der Waals surface area contributed by atoms with Crippen molar-refractivity contribution in [2.45, 2.75) is 19.3 Å². The molecule has 2 aromatic rings. The molecule has 3 rings (SSSR count). The summed E-state index contributed by atoms with van der Waals surface area (Å²) in [5, 5.41) is 2.05. The van der Waals surface area contributed by atoms with E-state index in [1.165, 1.54) is 0 Å². The summed E-state index contributed by atoms with van der Waals surface area (Å²) in [4.78, 5) is 12.3. The Morgan fingerprint density at radius 3 is 2.65 bits per heavy atom. The highest BCUT2D eigenvalue weighted by Gasteiger charge is 2.39. The second kappa shape index (κ2) is 3.08. The summed E-state index contributed by atoms with van der Waals surface area (Å²) >= 11 is 0. The maximum Gasteiger partial charge on any atom is 0.173 e. The van der Waals surface area contributed by atoms with Crippen LogP contribution in [0, 0.1) is 0 Å². The molecule has 3 heteroatoms. The maximum absolute atomic E-state index is 12.3. The molecule has 0 amide bonds. The van der Waals surface area contributed by atoms with Crippen LogP contribution in [0.2, 0.25) is 0 Å². The Bertz CT molecular complexity index is 644. The van der Waals surface area contributed by atoms with Crippen molar-refractivity contribution in [2.24, 2.45) is 5.84 Å². The summed E-state index contributed by atoms with van der Waals surface area (Å²) in [5.74, 6) is 5.69. The summed E-state index contributed by atoms with van der Waals surface area (Å²) in [7, 11) is 0. The van der Waals surface area contributed by atoms with Gasteiger partial charge in [0.15, 0.2) is 5.78 Å². The molecule has 17 heavy (non-hydrogen) atoms. The van der Waals surface area contributed by atoms with Gasteiger partial charge in [0.2, 0.25) is 0 Å². The van der Waals surface area contributed by atoms with Crippen LogP contribution in [0.4, 0.5) is 5.69 Å². The monoisotopic (exact) mass is 226 g/mol. The topological polar surface area (TPSA) is 55.1 Å². The number of nitrogen functional groups attached to an aromatic ring is 1. The quantitative estimate of drug-likeness (QED) is 0.580. The standard InChI is InChI=1S/C14H14N2O/c1-14(2)10-6-7-11(16-15)8-4-3-5-9(12(8)10)13(14)17/h3-7,16H,15H2,1-2H3. The Morgan fingerprint density at radius 1 is 1.18 bits per heavy atom. The van der Waals surface area contributed by atoms with Gasteiger partial charge in [0, 0.05) is 10.9 Å². The minimum Gasteiger partial charge on any atom is -0.324 e. The normalized spacial score (nSPS) is 16.5. The van der Waals surface area contributed by atoms with E-state index < -0.39 is 5.41 Å². The average Bonchev–Trinajstić information content (AvgIpc) is 2.53. The fourth-order valence-electron chi connectivity index (χ4n) is 2.70. The zero-order valence-corrected chi connectivity index (χ0v) is 9.87. The van der Waals surface area contributed by atoms with Crippen molar-refractivity contribution in [1.82, 2.24) is 0 Å². The van der Waals surface area contributed by atoms with Crippen molar-refractivity contribution in [3.63, 3.8) is 0 Å². The molecule has 0 unspecified atom stereocenters. The van der Waals surface area contributed by atoms with E-state index in [4.69, 9.17) is 5.84 Å². The molecule has 0 aliphatic heterocycles. The van der Waals surface area contributed by atoms with Crippen LogP contribution in [0.5, 0.6) is 0 Å². The third-order valence-corrected chi connectivity index (χ3v) is 3.68. The minimum absolute atomic E-state index is 0.187. The predicted molar refractivity (Wildman–Crippen MR) is 69.1 cm³/mol. The first-order chi connectivity index (χ1) is 8.07. The number of hydrogen-bond acceptors (Lipinski definition) is 3. The van der Waals surface area contributed by atoms with Crippen molar-refractivity contribution in [3.8, 4) is 0 Å². The van der Waals surface area contributed by atoms with E-state index >= 15 is 0 Å². The third kappa shape index (κ3) is 1.12. The highest BCUT2D eigenvalue weighted by Crippen LogP contribution is 2.43. The Balaban J connectivity index is 2.51. The van der Waals surface area contributed by atoms with Crippen LogP contribution in [0.3, 0.4) is 0 Å². The molecule has 0 heterocycles. The summed E-state index contributed by atoms with van der Waals surface area (Å²) in [6.45, 7) is 3.94. The van der Waals surface area contributed by atoms with Gasteiger partial charge in [-0.15, -0.1) is 0 Å². The number of benzene rings is 2. The van der Waals surface area contributed by atoms with Crippen LogP contribution in [0.25, 0.3) is 10.8 Å². The van der Waals surface area contributed by atoms with Gasteiger partial charge in [-0.25, -0.2) is 0 Å².